The normalized spacial score (nSPS) is 16.3. The zero-order chi connectivity index (χ0) is 22.4. The molecule has 1 fully saturated rings. The molecule has 5 rings (SSSR count). The predicted molar refractivity (Wildman–Crippen MR) is 122 cm³/mol. The fourth-order valence-corrected chi connectivity index (χ4v) is 4.76. The minimum atomic E-state index is 0.288. The number of benzene rings is 1. The molecule has 8 heteroatoms. The van der Waals surface area contributed by atoms with Gasteiger partial charge in [-0.25, -0.2) is 4.98 Å². The summed E-state index contributed by atoms with van der Waals surface area (Å²) < 4.78 is 12.8. The Labute approximate surface area is 187 Å². The first-order chi connectivity index (χ1) is 15.4. The second-order valence-electron chi connectivity index (χ2n) is 8.56. The molecule has 32 heavy (non-hydrogen) atoms. The van der Waals surface area contributed by atoms with Gasteiger partial charge in [-0.1, -0.05) is 11.2 Å². The summed E-state index contributed by atoms with van der Waals surface area (Å²) in [6.45, 7) is 9.01. The number of hydrogen-bond acceptors (Lipinski definition) is 7. The van der Waals surface area contributed by atoms with Crippen molar-refractivity contribution in [3.63, 3.8) is 0 Å². The number of anilines is 1. The van der Waals surface area contributed by atoms with E-state index >= 15 is 0 Å². The largest absolute Gasteiger partial charge is 0.497 e. The molecule has 0 amide bonds. The third-order valence-electron chi connectivity index (χ3n) is 6.23. The minimum Gasteiger partial charge on any atom is -0.497 e. The van der Waals surface area contributed by atoms with Crippen molar-refractivity contribution < 1.29 is 9.26 Å². The van der Waals surface area contributed by atoms with E-state index in [1.54, 1.807) is 7.11 Å². The van der Waals surface area contributed by atoms with E-state index in [1.807, 2.05) is 24.4 Å². The second-order valence-corrected chi connectivity index (χ2v) is 8.56. The Hall–Kier alpha value is -3.42. The zero-order valence-corrected chi connectivity index (χ0v) is 19.2. The quantitative estimate of drug-likeness (QED) is 0.467. The van der Waals surface area contributed by atoms with Gasteiger partial charge in [-0.2, -0.15) is 14.6 Å². The lowest BCUT2D eigenvalue weighted by molar-refractivity contribution is 0.365. The molecule has 3 aromatic heterocycles. The fourth-order valence-electron chi connectivity index (χ4n) is 4.76. The van der Waals surface area contributed by atoms with Crippen molar-refractivity contribution >= 4 is 11.5 Å². The Morgan fingerprint density at radius 3 is 2.69 bits per heavy atom. The van der Waals surface area contributed by atoms with Gasteiger partial charge in [0.15, 0.2) is 11.5 Å². The Kier molecular flexibility index (Phi) is 5.07. The molecular weight excluding hydrogens is 404 g/mol. The van der Waals surface area contributed by atoms with Crippen LogP contribution in [0.3, 0.4) is 0 Å². The van der Waals surface area contributed by atoms with Crippen LogP contribution in [0.5, 0.6) is 5.75 Å². The van der Waals surface area contributed by atoms with E-state index in [0.717, 1.165) is 71.1 Å². The van der Waals surface area contributed by atoms with Crippen LogP contribution in [-0.2, 0) is 6.42 Å². The Bertz CT molecular complexity index is 1290. The first-order valence-electron chi connectivity index (χ1n) is 11.0. The predicted octanol–water partition coefficient (Wildman–Crippen LogP) is 4.23. The molecule has 166 valence electrons. The molecule has 0 saturated carbocycles. The lowest BCUT2D eigenvalue weighted by Crippen LogP contribution is -2.33. The fraction of sp³-hybridized carbons (Fsp3) is 0.417. The molecule has 0 bridgehead atoms. The molecule has 4 heterocycles. The monoisotopic (exact) mass is 432 g/mol. The highest BCUT2D eigenvalue weighted by molar-refractivity contribution is 5.83. The molecule has 0 spiro atoms. The molecule has 0 aliphatic carbocycles. The van der Waals surface area contributed by atoms with Gasteiger partial charge in [0.1, 0.15) is 11.6 Å². The maximum Gasteiger partial charge on any atom is 0.228 e. The summed E-state index contributed by atoms with van der Waals surface area (Å²) in [7, 11) is 1.69. The number of hydrogen-bond donors (Lipinski definition) is 0. The number of aromatic nitrogens is 5. The first kappa shape index (κ1) is 20.5. The summed E-state index contributed by atoms with van der Waals surface area (Å²) in [4.78, 5) is 11.7. The number of nitrogens with zero attached hydrogens (tertiary/aromatic N) is 6. The molecule has 8 nitrogen and oxygen atoms in total. The molecule has 1 aromatic carbocycles. The number of rotatable bonds is 5. The number of aryl methyl sites for hydroxylation is 4. The summed E-state index contributed by atoms with van der Waals surface area (Å²) >= 11 is 0. The third-order valence-corrected chi connectivity index (χ3v) is 6.23. The Balaban J connectivity index is 1.60. The summed E-state index contributed by atoms with van der Waals surface area (Å²) in [5.41, 5.74) is 6.14. The maximum atomic E-state index is 5.40. The SMILES string of the molecule is COc1ccc(-c2c(C)nn3c(N4CCCC4Cc4nc(C)no4)cc(C)nc23)c(C)c1. The van der Waals surface area contributed by atoms with Crippen LogP contribution in [-0.4, -0.2) is 44.4 Å². The van der Waals surface area contributed by atoms with Crippen molar-refractivity contribution in [3.8, 4) is 16.9 Å². The van der Waals surface area contributed by atoms with Gasteiger partial charge in [-0.3, -0.25) is 0 Å². The Morgan fingerprint density at radius 2 is 1.97 bits per heavy atom. The first-order valence-corrected chi connectivity index (χ1v) is 11.0. The van der Waals surface area contributed by atoms with Crippen LogP contribution in [0, 0.1) is 27.7 Å². The van der Waals surface area contributed by atoms with E-state index in [1.165, 1.54) is 0 Å². The zero-order valence-electron chi connectivity index (χ0n) is 19.2. The van der Waals surface area contributed by atoms with E-state index in [-0.39, 0.29) is 6.04 Å². The van der Waals surface area contributed by atoms with Crippen molar-refractivity contribution in [2.45, 2.75) is 53.0 Å². The van der Waals surface area contributed by atoms with Crippen LogP contribution in [0.1, 0.15) is 41.5 Å². The molecule has 0 N–H and O–H groups in total. The summed E-state index contributed by atoms with van der Waals surface area (Å²) in [6, 6.07) is 8.55. The van der Waals surface area contributed by atoms with Crippen LogP contribution in [0.25, 0.3) is 16.8 Å². The second kappa shape index (κ2) is 7.93. The van der Waals surface area contributed by atoms with Gasteiger partial charge < -0.3 is 14.2 Å². The molecule has 1 aliphatic heterocycles. The molecule has 1 atom stereocenters. The van der Waals surface area contributed by atoms with Crippen LogP contribution in [0.2, 0.25) is 0 Å². The lowest BCUT2D eigenvalue weighted by atomic mass is 10.0. The standard InChI is InChI=1S/C24H28N6O2/c1-14-11-19(31-5)8-9-20(14)23-16(3)27-30-22(12-15(2)25-24(23)30)29-10-6-7-18(29)13-21-26-17(4)28-32-21/h8-9,11-12,18H,6-7,10,13H2,1-5H3. The number of methoxy groups -OCH3 is 1. The number of fused-ring (bicyclic) bond motifs is 1. The van der Waals surface area contributed by atoms with Crippen molar-refractivity contribution in [1.29, 1.82) is 0 Å². The summed E-state index contributed by atoms with van der Waals surface area (Å²) in [6.07, 6.45) is 2.93. The highest BCUT2D eigenvalue weighted by Crippen LogP contribution is 2.35. The lowest BCUT2D eigenvalue weighted by Gasteiger charge is -2.26. The smallest absolute Gasteiger partial charge is 0.228 e. The van der Waals surface area contributed by atoms with Gasteiger partial charge in [-0.05, 0) is 63.8 Å². The van der Waals surface area contributed by atoms with Gasteiger partial charge >= 0.3 is 0 Å². The third kappa shape index (κ3) is 3.49. The molecule has 4 aromatic rings. The highest BCUT2D eigenvalue weighted by Gasteiger charge is 2.30. The van der Waals surface area contributed by atoms with E-state index in [4.69, 9.17) is 19.3 Å². The molecule has 1 aliphatic rings. The Morgan fingerprint density at radius 1 is 1.12 bits per heavy atom. The van der Waals surface area contributed by atoms with Crippen LogP contribution in [0.4, 0.5) is 5.82 Å². The van der Waals surface area contributed by atoms with Crippen LogP contribution >= 0.6 is 0 Å². The van der Waals surface area contributed by atoms with Gasteiger partial charge in [0.25, 0.3) is 0 Å². The highest BCUT2D eigenvalue weighted by atomic mass is 16.5. The van der Waals surface area contributed by atoms with Crippen LogP contribution in [0.15, 0.2) is 28.8 Å². The van der Waals surface area contributed by atoms with Crippen molar-refractivity contribution in [3.05, 3.63) is 52.9 Å². The van der Waals surface area contributed by atoms with Gasteiger partial charge in [0.2, 0.25) is 5.89 Å². The topological polar surface area (TPSA) is 81.6 Å². The van der Waals surface area contributed by atoms with Crippen LogP contribution < -0.4 is 9.64 Å². The summed E-state index contributed by atoms with van der Waals surface area (Å²) in [5, 5.41) is 8.88. The van der Waals surface area contributed by atoms with Crippen molar-refractivity contribution in [2.24, 2.45) is 0 Å². The maximum absolute atomic E-state index is 5.40. The van der Waals surface area contributed by atoms with Gasteiger partial charge in [0.05, 0.1) is 12.8 Å². The average molecular weight is 433 g/mol. The molecule has 1 unspecified atom stereocenters. The molecule has 0 radical (unpaired) electrons. The summed E-state index contributed by atoms with van der Waals surface area (Å²) in [5.74, 6) is 3.27. The molecule has 1 saturated heterocycles. The van der Waals surface area contributed by atoms with E-state index in [9.17, 15) is 0 Å². The molecular formula is C24H28N6O2. The van der Waals surface area contributed by atoms with E-state index in [2.05, 4.69) is 47.1 Å². The number of ether oxygens (including phenoxy) is 1. The van der Waals surface area contributed by atoms with Crippen molar-refractivity contribution in [2.75, 3.05) is 18.6 Å². The average Bonchev–Trinajstić information content (AvgIpc) is 3.47. The van der Waals surface area contributed by atoms with Gasteiger partial charge in [-0.15, -0.1) is 0 Å². The van der Waals surface area contributed by atoms with Gasteiger partial charge in [0, 0.05) is 36.3 Å². The van der Waals surface area contributed by atoms with Crippen molar-refractivity contribution in [1.82, 2.24) is 24.7 Å². The van der Waals surface area contributed by atoms with E-state index < -0.39 is 0 Å². The van der Waals surface area contributed by atoms with E-state index in [0.29, 0.717) is 11.7 Å². The minimum absolute atomic E-state index is 0.288.